The minimum absolute atomic E-state index is 0.238. The van der Waals surface area contributed by atoms with Gasteiger partial charge in [-0.1, -0.05) is 30.3 Å². The normalized spacial score (nSPS) is 11.9. The lowest BCUT2D eigenvalue weighted by Crippen LogP contribution is -2.13. The summed E-state index contributed by atoms with van der Waals surface area (Å²) in [5, 5.41) is -0.397. The van der Waals surface area contributed by atoms with Crippen LogP contribution in [0.4, 0.5) is 5.69 Å². The maximum Gasteiger partial charge on any atom is 0.323 e. The Hall–Kier alpha value is -1.46. The molecule has 5 heteroatoms. The van der Waals surface area contributed by atoms with Gasteiger partial charge in [0.1, 0.15) is 5.25 Å². The first-order valence-corrected chi connectivity index (χ1v) is 8.22. The first kappa shape index (κ1) is 15.9. The molecule has 0 saturated heterocycles. The predicted molar refractivity (Wildman–Crippen MR) is 90.2 cm³/mol. The Balaban J connectivity index is 2.30. The number of carbonyl (C=O) groups is 1. The van der Waals surface area contributed by atoms with E-state index in [1.807, 2.05) is 55.5 Å². The molecule has 0 fully saturated rings. The Bertz CT molecular complexity index is 619. The second kappa shape index (κ2) is 7.52. The topological polar surface area (TPSA) is 52.3 Å². The van der Waals surface area contributed by atoms with Crippen molar-refractivity contribution in [2.24, 2.45) is 0 Å². The summed E-state index contributed by atoms with van der Waals surface area (Å²) in [5.74, 6) is -0.238. The van der Waals surface area contributed by atoms with Crippen LogP contribution in [-0.4, -0.2) is 12.6 Å². The lowest BCUT2D eigenvalue weighted by atomic mass is 10.1. The van der Waals surface area contributed by atoms with Crippen LogP contribution in [0.3, 0.4) is 0 Å². The smallest absolute Gasteiger partial charge is 0.323 e. The number of halogens is 1. The highest BCUT2D eigenvalue weighted by atomic mass is 79.9. The highest BCUT2D eigenvalue weighted by Gasteiger charge is 2.24. The highest BCUT2D eigenvalue weighted by Crippen LogP contribution is 2.40. The van der Waals surface area contributed by atoms with Gasteiger partial charge < -0.3 is 10.5 Å². The van der Waals surface area contributed by atoms with Gasteiger partial charge in [0.2, 0.25) is 0 Å². The molecule has 0 spiro atoms. The summed E-state index contributed by atoms with van der Waals surface area (Å²) in [6.07, 6.45) is 0. The van der Waals surface area contributed by atoms with Gasteiger partial charge in [-0.15, -0.1) is 11.8 Å². The number of esters is 1. The van der Waals surface area contributed by atoms with E-state index in [1.54, 1.807) is 0 Å². The van der Waals surface area contributed by atoms with E-state index in [9.17, 15) is 4.79 Å². The molecule has 1 unspecified atom stereocenters. The van der Waals surface area contributed by atoms with Crippen molar-refractivity contribution in [1.29, 1.82) is 0 Å². The Morgan fingerprint density at radius 2 is 2.00 bits per heavy atom. The summed E-state index contributed by atoms with van der Waals surface area (Å²) in [6.45, 7) is 2.18. The van der Waals surface area contributed by atoms with E-state index in [0.29, 0.717) is 12.3 Å². The Labute approximate surface area is 137 Å². The molecular weight excluding hydrogens is 350 g/mol. The third kappa shape index (κ3) is 4.25. The zero-order valence-corrected chi connectivity index (χ0v) is 14.0. The van der Waals surface area contributed by atoms with Crippen LogP contribution in [-0.2, 0) is 9.53 Å². The quantitative estimate of drug-likeness (QED) is 0.483. The summed E-state index contributed by atoms with van der Waals surface area (Å²) >= 11 is 4.93. The van der Waals surface area contributed by atoms with Crippen molar-refractivity contribution >= 4 is 39.3 Å². The molecule has 0 aliphatic heterocycles. The van der Waals surface area contributed by atoms with E-state index < -0.39 is 5.25 Å². The number of ether oxygens (including phenoxy) is 1. The first-order valence-electron chi connectivity index (χ1n) is 6.55. The van der Waals surface area contributed by atoms with Crippen molar-refractivity contribution in [2.75, 3.05) is 12.3 Å². The number of thioether (sulfide) groups is 1. The number of anilines is 1. The number of rotatable bonds is 5. The summed E-state index contributed by atoms with van der Waals surface area (Å²) in [5.41, 5.74) is 7.35. The number of hydrogen-bond donors (Lipinski definition) is 1. The number of hydrogen-bond acceptors (Lipinski definition) is 4. The Morgan fingerprint density at radius 1 is 1.29 bits per heavy atom. The van der Waals surface area contributed by atoms with E-state index in [0.717, 1.165) is 14.9 Å². The van der Waals surface area contributed by atoms with E-state index in [2.05, 4.69) is 15.9 Å². The fourth-order valence-corrected chi connectivity index (χ4v) is 3.54. The highest BCUT2D eigenvalue weighted by molar-refractivity contribution is 9.10. The molecule has 1 atom stereocenters. The molecule has 0 aromatic heterocycles. The number of carbonyl (C=O) groups excluding carboxylic acids is 1. The summed E-state index contributed by atoms with van der Waals surface area (Å²) in [4.78, 5) is 13.2. The van der Waals surface area contributed by atoms with E-state index in [1.165, 1.54) is 11.8 Å². The lowest BCUT2D eigenvalue weighted by molar-refractivity contribution is -0.142. The fraction of sp³-hybridized carbons (Fsp3) is 0.188. The fourth-order valence-electron chi connectivity index (χ4n) is 1.84. The maximum absolute atomic E-state index is 12.2. The zero-order valence-electron chi connectivity index (χ0n) is 11.6. The van der Waals surface area contributed by atoms with Crippen LogP contribution in [0.5, 0.6) is 0 Å². The second-order valence-corrected chi connectivity index (χ2v) is 6.35. The first-order chi connectivity index (χ1) is 10.1. The van der Waals surface area contributed by atoms with Gasteiger partial charge in [0, 0.05) is 15.1 Å². The van der Waals surface area contributed by atoms with Crippen LogP contribution in [0.2, 0.25) is 0 Å². The summed E-state index contributed by atoms with van der Waals surface area (Å²) in [6, 6.07) is 15.2. The van der Waals surface area contributed by atoms with Crippen molar-refractivity contribution in [3.63, 3.8) is 0 Å². The van der Waals surface area contributed by atoms with Crippen LogP contribution in [0.15, 0.2) is 57.9 Å². The van der Waals surface area contributed by atoms with Crippen LogP contribution in [0, 0.1) is 0 Å². The van der Waals surface area contributed by atoms with Crippen molar-refractivity contribution in [3.8, 4) is 0 Å². The predicted octanol–water partition coefficient (Wildman–Crippen LogP) is 4.43. The summed E-state index contributed by atoms with van der Waals surface area (Å²) in [7, 11) is 0. The molecule has 0 amide bonds. The Morgan fingerprint density at radius 3 is 2.62 bits per heavy atom. The molecule has 0 saturated carbocycles. The number of nitrogen functional groups attached to an aromatic ring is 1. The summed E-state index contributed by atoms with van der Waals surface area (Å²) < 4.78 is 6.07. The van der Waals surface area contributed by atoms with Gasteiger partial charge in [0.25, 0.3) is 0 Å². The van der Waals surface area contributed by atoms with E-state index >= 15 is 0 Å². The van der Waals surface area contributed by atoms with E-state index in [4.69, 9.17) is 10.5 Å². The molecule has 2 aromatic rings. The van der Waals surface area contributed by atoms with Crippen LogP contribution < -0.4 is 5.73 Å². The Kier molecular flexibility index (Phi) is 5.70. The average molecular weight is 366 g/mol. The molecule has 2 N–H and O–H groups in total. The number of nitrogens with two attached hydrogens (primary N) is 1. The van der Waals surface area contributed by atoms with Gasteiger partial charge in [-0.25, -0.2) is 0 Å². The van der Waals surface area contributed by atoms with Crippen LogP contribution >= 0.6 is 27.7 Å². The van der Waals surface area contributed by atoms with Crippen LogP contribution in [0.1, 0.15) is 17.7 Å². The van der Waals surface area contributed by atoms with Crippen molar-refractivity contribution in [1.82, 2.24) is 0 Å². The van der Waals surface area contributed by atoms with Crippen molar-refractivity contribution in [2.45, 2.75) is 17.1 Å². The molecule has 0 bridgehead atoms. The molecule has 2 rings (SSSR count). The zero-order chi connectivity index (χ0) is 15.2. The SMILES string of the molecule is CCOC(=O)C(Sc1ccc(N)cc1Br)c1ccccc1. The van der Waals surface area contributed by atoms with Gasteiger partial charge in [-0.2, -0.15) is 0 Å². The molecule has 3 nitrogen and oxygen atoms in total. The standard InChI is InChI=1S/C16H16BrNO2S/c1-2-20-16(19)15(11-6-4-3-5-7-11)21-14-9-8-12(18)10-13(14)17/h3-10,15H,2,18H2,1H3. The van der Waals surface area contributed by atoms with Crippen molar-refractivity contribution < 1.29 is 9.53 Å². The monoisotopic (exact) mass is 365 g/mol. The van der Waals surface area contributed by atoms with Gasteiger partial charge in [0.15, 0.2) is 0 Å². The second-order valence-electron chi connectivity index (χ2n) is 4.35. The molecule has 21 heavy (non-hydrogen) atoms. The third-order valence-corrected chi connectivity index (χ3v) is 5.03. The lowest BCUT2D eigenvalue weighted by Gasteiger charge is -2.16. The van der Waals surface area contributed by atoms with Gasteiger partial charge in [-0.05, 0) is 46.6 Å². The largest absolute Gasteiger partial charge is 0.465 e. The maximum atomic E-state index is 12.2. The average Bonchev–Trinajstić information content (AvgIpc) is 2.47. The molecule has 0 aliphatic carbocycles. The molecule has 0 radical (unpaired) electrons. The van der Waals surface area contributed by atoms with E-state index in [-0.39, 0.29) is 5.97 Å². The van der Waals surface area contributed by atoms with Gasteiger partial charge in [-0.3, -0.25) is 4.79 Å². The minimum Gasteiger partial charge on any atom is -0.465 e. The van der Waals surface area contributed by atoms with Crippen molar-refractivity contribution in [3.05, 3.63) is 58.6 Å². The van der Waals surface area contributed by atoms with Crippen LogP contribution in [0.25, 0.3) is 0 Å². The minimum atomic E-state index is -0.397. The third-order valence-electron chi connectivity index (χ3n) is 2.80. The van der Waals surface area contributed by atoms with Gasteiger partial charge >= 0.3 is 5.97 Å². The number of benzene rings is 2. The molecule has 0 aliphatic rings. The molecule has 0 heterocycles. The molecule has 2 aromatic carbocycles. The van der Waals surface area contributed by atoms with Gasteiger partial charge in [0.05, 0.1) is 6.61 Å². The molecule has 110 valence electrons. The molecular formula is C16H16BrNO2S.